The van der Waals surface area contributed by atoms with Gasteiger partial charge in [0.15, 0.2) is 17.5 Å². The minimum Gasteiger partial charge on any atom is -0.456 e. The summed E-state index contributed by atoms with van der Waals surface area (Å²) in [6.07, 6.45) is 0. The van der Waals surface area contributed by atoms with Crippen molar-refractivity contribution in [1.82, 2.24) is 15.0 Å². The molecule has 0 amide bonds. The first-order valence-corrected chi connectivity index (χ1v) is 19.8. The number of furan rings is 1. The maximum absolute atomic E-state index is 6.43. The second-order valence-corrected chi connectivity index (χ2v) is 15.6. The third kappa shape index (κ3) is 5.64. The van der Waals surface area contributed by atoms with Crippen LogP contribution in [0.4, 0.5) is 0 Å². The first-order valence-electron chi connectivity index (χ1n) is 19.8. The van der Waals surface area contributed by atoms with Crippen LogP contribution in [-0.2, 0) is 5.41 Å². The molecule has 274 valence electrons. The molecule has 1 aliphatic rings. The van der Waals surface area contributed by atoms with Crippen molar-refractivity contribution < 1.29 is 4.42 Å². The van der Waals surface area contributed by atoms with E-state index in [-0.39, 0.29) is 5.41 Å². The highest BCUT2D eigenvalue weighted by Gasteiger charge is 2.35. The van der Waals surface area contributed by atoms with Gasteiger partial charge in [-0.05, 0) is 79.9 Å². The number of nitrogens with zero attached hydrogens (tertiary/aromatic N) is 3. The molecule has 0 spiro atoms. The average Bonchev–Trinajstić information content (AvgIpc) is 3.78. The van der Waals surface area contributed by atoms with Crippen LogP contribution in [0.25, 0.3) is 101 Å². The van der Waals surface area contributed by atoms with Crippen LogP contribution in [0, 0.1) is 0 Å². The Labute approximate surface area is 337 Å². The lowest BCUT2D eigenvalue weighted by molar-refractivity contribution is 0.660. The van der Waals surface area contributed by atoms with E-state index in [1.807, 2.05) is 72.8 Å². The van der Waals surface area contributed by atoms with Gasteiger partial charge in [0.25, 0.3) is 0 Å². The van der Waals surface area contributed by atoms with Crippen LogP contribution in [0.2, 0.25) is 0 Å². The molecule has 10 aromatic rings. The Kier molecular flexibility index (Phi) is 7.80. The molecule has 8 aromatic carbocycles. The largest absolute Gasteiger partial charge is 0.456 e. The molecule has 2 aromatic heterocycles. The molecule has 0 N–H and O–H groups in total. The maximum Gasteiger partial charge on any atom is 0.164 e. The summed E-state index contributed by atoms with van der Waals surface area (Å²) in [5.41, 5.74) is 16.9. The van der Waals surface area contributed by atoms with E-state index in [0.29, 0.717) is 17.5 Å². The van der Waals surface area contributed by atoms with Crippen LogP contribution in [0.1, 0.15) is 25.0 Å². The van der Waals surface area contributed by atoms with E-state index in [1.165, 1.54) is 44.5 Å². The minimum absolute atomic E-state index is 0.0195. The van der Waals surface area contributed by atoms with E-state index in [1.54, 1.807) is 0 Å². The number of fused-ring (bicyclic) bond motifs is 6. The smallest absolute Gasteiger partial charge is 0.164 e. The summed E-state index contributed by atoms with van der Waals surface area (Å²) in [4.78, 5) is 15.0. The molecule has 58 heavy (non-hydrogen) atoms. The molecule has 2 heterocycles. The fraction of sp³-hybridized carbons (Fsp3) is 0.0556. The predicted octanol–water partition coefficient (Wildman–Crippen LogP) is 14.1. The highest BCUT2D eigenvalue weighted by atomic mass is 16.3. The third-order valence-electron chi connectivity index (χ3n) is 11.8. The summed E-state index contributed by atoms with van der Waals surface area (Å²) in [7, 11) is 0. The SMILES string of the molecule is CC1(C)c2ccccc2-c2ccc(-c3ccc(-c4ccc(-c5ccc6oc7cccc(-c8nc(-c9ccccc9)nc(-c9ccccc9)n8)c7c6c5)cc4)cc3)cc21. The lowest BCUT2D eigenvalue weighted by Gasteiger charge is -2.22. The molecule has 0 atom stereocenters. The molecular formula is C54H37N3O. The molecule has 11 rings (SSSR count). The summed E-state index contributed by atoms with van der Waals surface area (Å²) < 4.78 is 6.43. The Morgan fingerprint density at radius 3 is 1.47 bits per heavy atom. The summed E-state index contributed by atoms with van der Waals surface area (Å²) in [6, 6.07) is 66.2. The van der Waals surface area contributed by atoms with Gasteiger partial charge < -0.3 is 4.42 Å². The van der Waals surface area contributed by atoms with Gasteiger partial charge in [-0.3, -0.25) is 0 Å². The first kappa shape index (κ1) is 33.9. The molecule has 0 saturated heterocycles. The molecule has 1 aliphatic carbocycles. The van der Waals surface area contributed by atoms with Gasteiger partial charge in [-0.25, -0.2) is 15.0 Å². The molecule has 4 nitrogen and oxygen atoms in total. The normalized spacial score (nSPS) is 12.8. The Balaban J connectivity index is 0.920. The highest BCUT2D eigenvalue weighted by Crippen LogP contribution is 2.49. The highest BCUT2D eigenvalue weighted by molar-refractivity contribution is 6.12. The van der Waals surface area contributed by atoms with Gasteiger partial charge >= 0.3 is 0 Å². The minimum atomic E-state index is -0.0195. The zero-order valence-corrected chi connectivity index (χ0v) is 32.1. The van der Waals surface area contributed by atoms with Crippen molar-refractivity contribution in [3.63, 3.8) is 0 Å². The van der Waals surface area contributed by atoms with E-state index < -0.39 is 0 Å². The molecule has 4 heteroatoms. The van der Waals surface area contributed by atoms with Crippen LogP contribution in [-0.4, -0.2) is 15.0 Å². The molecule has 0 aliphatic heterocycles. The van der Waals surface area contributed by atoms with Crippen molar-refractivity contribution in [2.75, 3.05) is 0 Å². The fourth-order valence-electron chi connectivity index (χ4n) is 8.72. The maximum atomic E-state index is 6.43. The molecule has 0 bridgehead atoms. The van der Waals surface area contributed by atoms with E-state index in [0.717, 1.165) is 49.8 Å². The summed E-state index contributed by atoms with van der Waals surface area (Å²) in [5, 5.41) is 2.00. The van der Waals surface area contributed by atoms with Crippen LogP contribution in [0.15, 0.2) is 192 Å². The monoisotopic (exact) mass is 743 g/mol. The first-order chi connectivity index (χ1) is 28.5. The van der Waals surface area contributed by atoms with Gasteiger partial charge in [0.1, 0.15) is 11.2 Å². The number of rotatable bonds is 6. The molecule has 0 unspecified atom stereocenters. The second-order valence-electron chi connectivity index (χ2n) is 15.6. The van der Waals surface area contributed by atoms with Gasteiger partial charge in [0.05, 0.1) is 0 Å². The Morgan fingerprint density at radius 2 is 0.828 bits per heavy atom. The lowest BCUT2D eigenvalue weighted by atomic mass is 9.81. The number of benzene rings is 8. The van der Waals surface area contributed by atoms with Crippen LogP contribution >= 0.6 is 0 Å². The zero-order chi connectivity index (χ0) is 38.8. The quantitative estimate of drug-likeness (QED) is 0.170. The van der Waals surface area contributed by atoms with Gasteiger partial charge in [-0.2, -0.15) is 0 Å². The summed E-state index contributed by atoms with van der Waals surface area (Å²) in [6.45, 7) is 4.67. The molecule has 0 saturated carbocycles. The average molecular weight is 744 g/mol. The Hall–Kier alpha value is -7.43. The van der Waals surface area contributed by atoms with Crippen LogP contribution in [0.3, 0.4) is 0 Å². The van der Waals surface area contributed by atoms with E-state index in [4.69, 9.17) is 19.4 Å². The van der Waals surface area contributed by atoms with Gasteiger partial charge in [-0.15, -0.1) is 0 Å². The van der Waals surface area contributed by atoms with Crippen molar-refractivity contribution >= 4 is 21.9 Å². The van der Waals surface area contributed by atoms with Crippen molar-refractivity contribution in [1.29, 1.82) is 0 Å². The fourth-order valence-corrected chi connectivity index (χ4v) is 8.72. The predicted molar refractivity (Wildman–Crippen MR) is 237 cm³/mol. The van der Waals surface area contributed by atoms with Crippen LogP contribution < -0.4 is 0 Å². The zero-order valence-electron chi connectivity index (χ0n) is 32.1. The number of hydrogen-bond donors (Lipinski definition) is 0. The van der Waals surface area contributed by atoms with E-state index in [9.17, 15) is 0 Å². The Bertz CT molecular complexity index is 3110. The molecule has 0 fully saturated rings. The number of hydrogen-bond acceptors (Lipinski definition) is 4. The topological polar surface area (TPSA) is 51.8 Å². The van der Waals surface area contributed by atoms with Gasteiger partial charge in [0, 0.05) is 32.9 Å². The van der Waals surface area contributed by atoms with Gasteiger partial charge in [0.2, 0.25) is 0 Å². The van der Waals surface area contributed by atoms with Gasteiger partial charge in [-0.1, -0.05) is 178 Å². The van der Waals surface area contributed by atoms with Crippen molar-refractivity contribution in [2.24, 2.45) is 0 Å². The van der Waals surface area contributed by atoms with Crippen molar-refractivity contribution in [3.05, 3.63) is 199 Å². The summed E-state index contributed by atoms with van der Waals surface area (Å²) >= 11 is 0. The van der Waals surface area contributed by atoms with Crippen LogP contribution in [0.5, 0.6) is 0 Å². The summed E-state index contributed by atoms with van der Waals surface area (Å²) in [5.74, 6) is 1.86. The number of aromatic nitrogens is 3. The Morgan fingerprint density at radius 1 is 0.345 bits per heavy atom. The lowest BCUT2D eigenvalue weighted by Crippen LogP contribution is -2.14. The van der Waals surface area contributed by atoms with Crippen molar-refractivity contribution in [3.8, 4) is 78.7 Å². The van der Waals surface area contributed by atoms with E-state index >= 15 is 0 Å². The molecular weight excluding hydrogens is 707 g/mol. The van der Waals surface area contributed by atoms with Crippen molar-refractivity contribution in [2.45, 2.75) is 19.3 Å². The third-order valence-corrected chi connectivity index (χ3v) is 11.8. The second kappa shape index (κ2) is 13.4. The van der Waals surface area contributed by atoms with E-state index in [2.05, 4.69) is 129 Å². The molecule has 0 radical (unpaired) electrons. The standard InChI is InChI=1S/C54H37N3O/c1-54(2)46-18-10-9-16-42(46)43-30-28-41(33-47(43)54)37-26-22-35(23-27-37)34-20-24-36(25-21-34)40-29-31-48-45(32-40)50-44(17-11-19-49(50)58-48)53-56-51(38-12-5-3-6-13-38)55-52(57-53)39-14-7-4-8-15-39/h3-33H,1-2H3.